The molecule has 1 heterocycles. The number of benzene rings is 3. The van der Waals surface area contributed by atoms with E-state index in [1.165, 1.54) is 25.3 Å². The van der Waals surface area contributed by atoms with Gasteiger partial charge < -0.3 is 8.92 Å². The number of hydrogen-bond donors (Lipinski definition) is 0. The molecule has 0 N–H and O–H groups in total. The summed E-state index contributed by atoms with van der Waals surface area (Å²) in [5, 5.41) is 0. The fourth-order valence-corrected chi connectivity index (χ4v) is 4.91. The zero-order valence-corrected chi connectivity index (χ0v) is 22.0. The average molecular weight is 632 g/mol. The number of alkyl halides is 6. The molecule has 1 aromatic heterocycles. The monoisotopic (exact) mass is 631 g/mol. The van der Waals surface area contributed by atoms with Crippen molar-refractivity contribution in [3.8, 4) is 45.1 Å². The van der Waals surface area contributed by atoms with Gasteiger partial charge in [0.15, 0.2) is 5.75 Å². The van der Waals surface area contributed by atoms with Gasteiger partial charge in [-0.15, -0.1) is 0 Å². The van der Waals surface area contributed by atoms with Crippen LogP contribution in [0.4, 0.5) is 26.3 Å². The predicted molar refractivity (Wildman–Crippen MR) is 135 cm³/mol. The van der Waals surface area contributed by atoms with Gasteiger partial charge in [0.25, 0.3) is 0 Å². The fourth-order valence-electron chi connectivity index (χ4n) is 3.64. The number of methoxy groups -OCH3 is 1. The van der Waals surface area contributed by atoms with Gasteiger partial charge in [0.2, 0.25) is 0 Å². The molecule has 3 aromatic carbocycles. The van der Waals surface area contributed by atoms with E-state index in [2.05, 4.69) is 25.1 Å². The van der Waals surface area contributed by atoms with E-state index >= 15 is 0 Å². The Hall–Kier alpha value is -3.58. The minimum atomic E-state index is -6.19. The smallest absolute Gasteiger partial charge is 0.497 e. The topological polar surface area (TPSA) is 65.5 Å². The van der Waals surface area contributed by atoms with Crippen LogP contribution in [0.5, 0.6) is 11.5 Å². The molecule has 5 nitrogen and oxygen atoms in total. The van der Waals surface area contributed by atoms with Crippen molar-refractivity contribution < 1.29 is 43.7 Å². The van der Waals surface area contributed by atoms with E-state index in [1.807, 2.05) is 0 Å². The first kappa shape index (κ1) is 28.4. The Balaban J connectivity index is 2.11. The lowest BCUT2D eigenvalue weighted by Crippen LogP contribution is -2.28. The molecule has 0 saturated heterocycles. The second-order valence-electron chi connectivity index (χ2n) is 7.98. The molecule has 0 aliphatic rings. The van der Waals surface area contributed by atoms with E-state index in [9.17, 15) is 34.8 Å². The number of halogens is 7. The number of nitrogens with zero attached hydrogens (tertiary/aromatic N) is 1. The van der Waals surface area contributed by atoms with Crippen molar-refractivity contribution in [1.29, 1.82) is 0 Å². The summed E-state index contributed by atoms with van der Waals surface area (Å²) in [6.45, 7) is 0. The van der Waals surface area contributed by atoms with Crippen LogP contribution in [0.2, 0.25) is 0 Å². The Morgan fingerprint density at radius 2 is 1.36 bits per heavy atom. The van der Waals surface area contributed by atoms with Crippen LogP contribution in [0.25, 0.3) is 33.6 Å². The number of pyridine rings is 1. The minimum Gasteiger partial charge on any atom is -0.497 e. The van der Waals surface area contributed by atoms with Crippen LogP contribution in [-0.4, -0.2) is 26.0 Å². The van der Waals surface area contributed by atoms with E-state index in [0.717, 1.165) is 18.2 Å². The molecule has 0 atom stereocenters. The molecular weight excluding hydrogens is 616 g/mol. The second-order valence-corrected chi connectivity index (χ2v) is 10.3. The van der Waals surface area contributed by atoms with E-state index in [1.54, 1.807) is 42.5 Å². The van der Waals surface area contributed by atoms with Gasteiger partial charge in [-0.2, -0.15) is 34.8 Å². The Bertz CT molecular complexity index is 1610. The van der Waals surface area contributed by atoms with E-state index < -0.39 is 33.1 Å². The molecule has 0 fully saturated rings. The summed E-state index contributed by atoms with van der Waals surface area (Å²) in [7, 11) is -4.76. The molecule has 39 heavy (non-hydrogen) atoms. The van der Waals surface area contributed by atoms with Crippen LogP contribution in [-0.2, 0) is 16.3 Å². The van der Waals surface area contributed by atoms with Gasteiger partial charge in [-0.05, 0) is 57.9 Å². The first-order valence-corrected chi connectivity index (χ1v) is 13.0. The van der Waals surface area contributed by atoms with Gasteiger partial charge in [-0.1, -0.05) is 42.5 Å². The maximum atomic E-state index is 13.5. The zero-order chi connectivity index (χ0) is 28.6. The SMILES string of the molecule is COc1ccc(-c2nc(-c3ccccc3)c(OS(=O)(=O)C(F)(F)F)c(Br)c2-c2cccc(C(F)(F)F)c2)cc1. The molecule has 4 rings (SSSR count). The molecule has 0 amide bonds. The lowest BCUT2D eigenvalue weighted by atomic mass is 9.96. The van der Waals surface area contributed by atoms with Gasteiger partial charge in [0, 0.05) is 16.7 Å². The Labute approximate surface area is 227 Å². The quantitative estimate of drug-likeness (QED) is 0.122. The highest BCUT2D eigenvalue weighted by atomic mass is 79.9. The van der Waals surface area contributed by atoms with Crippen LogP contribution in [0, 0.1) is 0 Å². The van der Waals surface area contributed by atoms with E-state index in [0.29, 0.717) is 11.3 Å². The van der Waals surface area contributed by atoms with Crippen LogP contribution < -0.4 is 8.92 Å². The lowest BCUT2D eigenvalue weighted by molar-refractivity contribution is -0.137. The lowest BCUT2D eigenvalue weighted by Gasteiger charge is -2.20. The van der Waals surface area contributed by atoms with Crippen molar-refractivity contribution in [1.82, 2.24) is 4.98 Å². The molecule has 0 aliphatic heterocycles. The van der Waals surface area contributed by atoms with Crippen LogP contribution in [0.3, 0.4) is 0 Å². The molecule has 0 saturated carbocycles. The van der Waals surface area contributed by atoms with Crippen molar-refractivity contribution in [2.75, 3.05) is 7.11 Å². The number of aromatic nitrogens is 1. The first-order chi connectivity index (χ1) is 18.2. The maximum absolute atomic E-state index is 13.5. The van der Waals surface area contributed by atoms with Crippen molar-refractivity contribution in [3.05, 3.63) is 88.9 Å². The third-order valence-electron chi connectivity index (χ3n) is 5.46. The van der Waals surface area contributed by atoms with E-state index in [-0.39, 0.29) is 32.6 Å². The molecule has 13 heteroatoms. The fraction of sp³-hybridized carbons (Fsp3) is 0.115. The van der Waals surface area contributed by atoms with Crippen molar-refractivity contribution in [2.24, 2.45) is 0 Å². The highest BCUT2D eigenvalue weighted by molar-refractivity contribution is 9.10. The number of rotatable bonds is 6. The molecule has 204 valence electrons. The van der Waals surface area contributed by atoms with E-state index in [4.69, 9.17) is 4.74 Å². The van der Waals surface area contributed by atoms with Gasteiger partial charge in [0.1, 0.15) is 11.4 Å². The van der Waals surface area contributed by atoms with Crippen LogP contribution >= 0.6 is 15.9 Å². The zero-order valence-electron chi connectivity index (χ0n) is 19.6. The van der Waals surface area contributed by atoms with Crippen LogP contribution in [0.15, 0.2) is 83.3 Å². The summed E-state index contributed by atoms with van der Waals surface area (Å²) >= 11 is 3.13. The van der Waals surface area contributed by atoms with Crippen molar-refractivity contribution in [2.45, 2.75) is 11.7 Å². The average Bonchev–Trinajstić information content (AvgIpc) is 2.89. The summed E-state index contributed by atoms with van der Waals surface area (Å²) in [5.41, 5.74) is -6.77. The third-order valence-corrected chi connectivity index (χ3v) is 7.17. The highest BCUT2D eigenvalue weighted by Gasteiger charge is 2.49. The highest BCUT2D eigenvalue weighted by Crippen LogP contribution is 2.48. The molecule has 4 aromatic rings. The van der Waals surface area contributed by atoms with Crippen LogP contribution in [0.1, 0.15) is 5.56 Å². The van der Waals surface area contributed by atoms with Crippen molar-refractivity contribution >= 4 is 26.0 Å². The number of ether oxygens (including phenoxy) is 1. The predicted octanol–water partition coefficient (Wildman–Crippen LogP) is 8.10. The molecule has 0 unspecified atom stereocenters. The summed E-state index contributed by atoms with van der Waals surface area (Å²) < 4.78 is 114. The molecule has 0 spiro atoms. The summed E-state index contributed by atoms with van der Waals surface area (Å²) in [5.74, 6) is -0.388. The standard InChI is InChI=1S/C26H16BrF6NO4S/c1-37-19-12-10-16(11-13-19)22-20(17-8-5-9-18(14-17)25(28,29)30)21(27)24(38-39(35,36)26(31,32)33)23(34-22)15-6-3-2-4-7-15/h2-14H,1H3. The largest absolute Gasteiger partial charge is 0.534 e. The molecule has 0 radical (unpaired) electrons. The summed E-state index contributed by atoms with van der Waals surface area (Å²) in [6.07, 6.45) is -4.74. The second kappa shape index (κ2) is 10.5. The minimum absolute atomic E-state index is 0.0412. The normalized spacial score (nSPS) is 12.3. The number of hydrogen-bond acceptors (Lipinski definition) is 5. The third kappa shape index (κ3) is 5.88. The molecular formula is C26H16BrF6NO4S. The summed E-state index contributed by atoms with van der Waals surface area (Å²) in [6, 6.07) is 17.8. The summed E-state index contributed by atoms with van der Waals surface area (Å²) in [4.78, 5) is 4.46. The Kier molecular flexibility index (Phi) is 7.68. The van der Waals surface area contributed by atoms with Gasteiger partial charge in [-0.25, -0.2) is 4.98 Å². The molecule has 0 bridgehead atoms. The maximum Gasteiger partial charge on any atom is 0.534 e. The van der Waals surface area contributed by atoms with Gasteiger partial charge in [-0.3, -0.25) is 0 Å². The molecule has 0 aliphatic carbocycles. The Morgan fingerprint density at radius 3 is 1.92 bits per heavy atom. The van der Waals surface area contributed by atoms with Gasteiger partial charge >= 0.3 is 21.8 Å². The first-order valence-electron chi connectivity index (χ1n) is 10.8. The van der Waals surface area contributed by atoms with Crippen molar-refractivity contribution in [3.63, 3.8) is 0 Å². The van der Waals surface area contributed by atoms with Gasteiger partial charge in [0.05, 0.1) is 22.8 Å². The Morgan fingerprint density at radius 1 is 0.769 bits per heavy atom.